The van der Waals surface area contributed by atoms with Crippen LogP contribution >= 0.6 is 15.9 Å². The van der Waals surface area contributed by atoms with Gasteiger partial charge in [-0.15, -0.1) is 0 Å². The number of aryl methyl sites for hydroxylation is 1. The van der Waals surface area contributed by atoms with Crippen LogP contribution in [0.1, 0.15) is 0 Å². The molecule has 3 rings (SSSR count). The average Bonchev–Trinajstić information content (AvgIpc) is 2.86. The van der Waals surface area contributed by atoms with E-state index in [0.29, 0.717) is 0 Å². The van der Waals surface area contributed by atoms with Crippen molar-refractivity contribution in [3.05, 3.63) is 35.5 Å². The van der Waals surface area contributed by atoms with Crippen molar-refractivity contribution < 1.29 is 0 Å². The molecule has 0 radical (unpaired) electrons. The summed E-state index contributed by atoms with van der Waals surface area (Å²) in [6.45, 7) is 0. The Kier molecular flexibility index (Phi) is 2.03. The molecule has 16 heavy (non-hydrogen) atoms. The van der Waals surface area contributed by atoms with Crippen LogP contribution in [0.5, 0.6) is 0 Å². The summed E-state index contributed by atoms with van der Waals surface area (Å²) in [6, 6.07) is 1.98. The molecule has 0 aliphatic rings. The van der Waals surface area contributed by atoms with E-state index >= 15 is 0 Å². The highest BCUT2D eigenvalue weighted by molar-refractivity contribution is 9.10. The quantitative estimate of drug-likeness (QED) is 0.683. The number of aromatic nitrogens is 5. The van der Waals surface area contributed by atoms with E-state index in [-0.39, 0.29) is 0 Å². The summed E-state index contributed by atoms with van der Waals surface area (Å²) in [6.07, 6.45) is 7.29. The maximum Gasteiger partial charge on any atom is 0.155 e. The third-order valence-corrected chi connectivity index (χ3v) is 2.90. The number of nitrogens with zero attached hydrogens (tertiary/aromatic N) is 5. The molecule has 0 atom stereocenters. The number of imidazole rings is 1. The van der Waals surface area contributed by atoms with Crippen LogP contribution < -0.4 is 0 Å². The van der Waals surface area contributed by atoms with Gasteiger partial charge < -0.3 is 0 Å². The molecule has 0 bridgehead atoms. The van der Waals surface area contributed by atoms with Crippen molar-refractivity contribution in [1.29, 1.82) is 0 Å². The summed E-state index contributed by atoms with van der Waals surface area (Å²) >= 11 is 3.37. The molecule has 3 aromatic rings. The lowest BCUT2D eigenvalue weighted by atomic mass is 10.2. The molecule has 0 aromatic carbocycles. The van der Waals surface area contributed by atoms with E-state index in [4.69, 9.17) is 0 Å². The Morgan fingerprint density at radius 3 is 2.69 bits per heavy atom. The minimum atomic E-state index is 0.813. The normalized spacial score (nSPS) is 11.1. The summed E-state index contributed by atoms with van der Waals surface area (Å²) in [4.78, 5) is 4.24. The summed E-state index contributed by atoms with van der Waals surface area (Å²) in [7, 11) is 1.89. The first-order valence-electron chi connectivity index (χ1n) is 4.72. The van der Waals surface area contributed by atoms with Crippen LogP contribution in [0, 0.1) is 0 Å². The molecule has 0 aliphatic carbocycles. The lowest BCUT2D eigenvalue weighted by Crippen LogP contribution is -1.91. The monoisotopic (exact) mass is 277 g/mol. The van der Waals surface area contributed by atoms with Crippen molar-refractivity contribution in [1.82, 2.24) is 24.4 Å². The van der Waals surface area contributed by atoms with Crippen molar-refractivity contribution >= 4 is 21.6 Å². The zero-order valence-corrected chi connectivity index (χ0v) is 10.1. The van der Waals surface area contributed by atoms with E-state index in [1.165, 1.54) is 0 Å². The van der Waals surface area contributed by atoms with Gasteiger partial charge in [0.1, 0.15) is 4.60 Å². The van der Waals surface area contributed by atoms with E-state index in [1.807, 2.05) is 25.5 Å². The second kappa shape index (κ2) is 3.41. The van der Waals surface area contributed by atoms with Gasteiger partial charge in [0.05, 0.1) is 18.6 Å². The van der Waals surface area contributed by atoms with Crippen molar-refractivity contribution in [2.75, 3.05) is 0 Å². The topological polar surface area (TPSA) is 48.0 Å². The third-order valence-electron chi connectivity index (χ3n) is 2.36. The molecule has 0 amide bonds. The molecule has 5 nitrogen and oxygen atoms in total. The molecule has 0 fully saturated rings. The summed E-state index contributed by atoms with van der Waals surface area (Å²) in [5.74, 6) is 0. The summed E-state index contributed by atoms with van der Waals surface area (Å²) in [5, 5.41) is 8.43. The van der Waals surface area contributed by atoms with Crippen molar-refractivity contribution in [3.63, 3.8) is 0 Å². The van der Waals surface area contributed by atoms with E-state index < -0.39 is 0 Å². The third kappa shape index (κ3) is 1.42. The van der Waals surface area contributed by atoms with E-state index in [2.05, 4.69) is 31.1 Å². The molecule has 0 saturated heterocycles. The smallest absolute Gasteiger partial charge is 0.155 e. The Morgan fingerprint density at radius 1 is 1.12 bits per heavy atom. The molecule has 0 spiro atoms. The van der Waals surface area contributed by atoms with Gasteiger partial charge in [-0.25, -0.2) is 9.50 Å². The molecule has 80 valence electrons. The minimum Gasteiger partial charge on any atom is -0.275 e. The Labute approximate surface area is 99.9 Å². The van der Waals surface area contributed by atoms with Gasteiger partial charge in [-0.2, -0.15) is 10.2 Å². The molecule has 0 saturated carbocycles. The van der Waals surface area contributed by atoms with E-state index in [1.54, 1.807) is 21.6 Å². The van der Waals surface area contributed by atoms with Crippen molar-refractivity contribution in [2.24, 2.45) is 7.05 Å². The van der Waals surface area contributed by atoms with Crippen molar-refractivity contribution in [2.45, 2.75) is 0 Å². The van der Waals surface area contributed by atoms with Crippen LogP contribution in [0.4, 0.5) is 0 Å². The number of fused-ring (bicyclic) bond motifs is 1. The molecule has 3 heterocycles. The molecule has 0 unspecified atom stereocenters. The maximum atomic E-state index is 4.30. The first-order valence-corrected chi connectivity index (χ1v) is 5.51. The van der Waals surface area contributed by atoms with Gasteiger partial charge in [0, 0.05) is 24.4 Å². The first-order chi connectivity index (χ1) is 7.74. The summed E-state index contributed by atoms with van der Waals surface area (Å²) < 4.78 is 4.35. The highest BCUT2D eigenvalue weighted by atomic mass is 79.9. The highest BCUT2D eigenvalue weighted by Gasteiger charge is 2.05. The van der Waals surface area contributed by atoms with Gasteiger partial charge in [0.15, 0.2) is 5.65 Å². The first kappa shape index (κ1) is 9.53. The summed E-state index contributed by atoms with van der Waals surface area (Å²) in [5.41, 5.74) is 2.86. The minimum absolute atomic E-state index is 0.813. The van der Waals surface area contributed by atoms with Crippen LogP contribution in [-0.2, 0) is 7.05 Å². The van der Waals surface area contributed by atoms with Crippen LogP contribution in [0.2, 0.25) is 0 Å². The lowest BCUT2D eigenvalue weighted by Gasteiger charge is -1.98. The van der Waals surface area contributed by atoms with Gasteiger partial charge in [0.2, 0.25) is 0 Å². The van der Waals surface area contributed by atoms with Gasteiger partial charge >= 0.3 is 0 Å². The Hall–Kier alpha value is -1.69. The zero-order valence-electron chi connectivity index (χ0n) is 8.50. The maximum absolute atomic E-state index is 4.30. The SMILES string of the molecule is Cn1cc(-c2cnn3c(Br)cnc3c2)cn1. The number of halogens is 1. The molecule has 0 N–H and O–H groups in total. The standard InChI is InChI=1S/C10H8BrN5/c1-15-6-8(4-13-15)7-2-10-12-5-9(11)16(10)14-3-7/h2-6H,1H3. The van der Waals surface area contributed by atoms with Crippen LogP contribution in [-0.4, -0.2) is 24.4 Å². The number of hydrogen-bond acceptors (Lipinski definition) is 3. The van der Waals surface area contributed by atoms with E-state index in [0.717, 1.165) is 21.4 Å². The molecule has 0 aliphatic heterocycles. The second-order valence-electron chi connectivity index (χ2n) is 3.50. The van der Waals surface area contributed by atoms with Gasteiger partial charge in [-0.1, -0.05) is 0 Å². The fraction of sp³-hybridized carbons (Fsp3) is 0.100. The Balaban J connectivity index is 2.18. The average molecular weight is 278 g/mol. The fourth-order valence-corrected chi connectivity index (χ4v) is 1.95. The Bertz CT molecular complexity index is 654. The van der Waals surface area contributed by atoms with Gasteiger partial charge in [-0.3, -0.25) is 4.68 Å². The largest absolute Gasteiger partial charge is 0.275 e. The number of rotatable bonds is 1. The zero-order chi connectivity index (χ0) is 11.1. The highest BCUT2D eigenvalue weighted by Crippen LogP contribution is 2.20. The van der Waals surface area contributed by atoms with Crippen LogP contribution in [0.3, 0.4) is 0 Å². The van der Waals surface area contributed by atoms with E-state index in [9.17, 15) is 0 Å². The van der Waals surface area contributed by atoms with Gasteiger partial charge in [0.25, 0.3) is 0 Å². The predicted octanol–water partition coefficient (Wildman–Crippen LogP) is 1.89. The van der Waals surface area contributed by atoms with Crippen molar-refractivity contribution in [3.8, 4) is 11.1 Å². The van der Waals surface area contributed by atoms with Gasteiger partial charge in [-0.05, 0) is 22.0 Å². The lowest BCUT2D eigenvalue weighted by molar-refractivity contribution is 0.768. The molecule has 6 heteroatoms. The Morgan fingerprint density at radius 2 is 1.94 bits per heavy atom. The molecule has 3 aromatic heterocycles. The fourth-order valence-electron chi connectivity index (χ4n) is 1.58. The van der Waals surface area contributed by atoms with Crippen LogP contribution in [0.15, 0.2) is 35.5 Å². The molecular weight excluding hydrogens is 270 g/mol. The van der Waals surface area contributed by atoms with Crippen LogP contribution in [0.25, 0.3) is 16.8 Å². The molecular formula is C10H8BrN5. The number of hydrogen-bond donors (Lipinski definition) is 0. The predicted molar refractivity (Wildman–Crippen MR) is 62.9 cm³/mol. The second-order valence-corrected chi connectivity index (χ2v) is 4.31.